The summed E-state index contributed by atoms with van der Waals surface area (Å²) in [6.45, 7) is 0. The number of non-ortho nitro benzene ring substituents is 6. The average molecular weight is 1350 g/mol. The standard InChI is InChI=1S/C76H44N14O12/c91-85(92)47-13-1-41(2-14-47)69-53-25-29-57(77-53)71(43-5-17-49(18-6-43)87(95)96)61-33-37-65(81-61)75(66-38-34-62(82-66)72(58-30-26-54(69)78-58)44-7-19-50(20-8-44)88(97)98)76-67-39-35-63(83-67)73(45-9-21-51(22-10-45)89(99)100)59-31-27-55(79-59)70(42-3-15-48(16-4-42)86(93)94)56-28-32-60(80-56)74(64-36-40-68(76)84-64)46-11-23-52(24-12-46)90(101)102/h1-40,77,79,82,84H. The quantitative estimate of drug-likeness (QED) is 0.0615. The Kier molecular flexibility index (Phi) is 14.9. The van der Waals surface area contributed by atoms with Crippen LogP contribution in [0.15, 0.2) is 194 Å². The Morgan fingerprint density at radius 3 is 0.451 bits per heavy atom. The maximum atomic E-state index is 12.2. The molecule has 10 heterocycles. The Balaban J connectivity index is 1.07. The highest BCUT2D eigenvalue weighted by Gasteiger charge is 2.26. The van der Waals surface area contributed by atoms with E-state index in [0.29, 0.717) is 168 Å². The van der Waals surface area contributed by atoms with Gasteiger partial charge in [-0.15, -0.1) is 0 Å². The number of nitro benzene ring substituents is 6. The van der Waals surface area contributed by atoms with Crippen molar-refractivity contribution in [3.63, 3.8) is 0 Å². The predicted octanol–water partition coefficient (Wildman–Crippen LogP) is 18.7. The molecule has 26 heteroatoms. The van der Waals surface area contributed by atoms with Crippen LogP contribution < -0.4 is 0 Å². The van der Waals surface area contributed by atoms with Crippen molar-refractivity contribution >= 4 is 127 Å². The van der Waals surface area contributed by atoms with Crippen LogP contribution in [0.4, 0.5) is 34.1 Å². The minimum atomic E-state index is -0.496. The number of aromatic amines is 4. The second-order valence-corrected chi connectivity index (χ2v) is 23.8. The lowest BCUT2D eigenvalue weighted by Gasteiger charge is -2.09. The maximum absolute atomic E-state index is 12.2. The number of nitrogens with zero attached hydrogens (tertiary/aromatic N) is 10. The molecule has 0 radical (unpaired) electrons. The van der Waals surface area contributed by atoms with Crippen LogP contribution in [0, 0.1) is 60.7 Å². The molecule has 26 nitrogen and oxygen atoms in total. The molecule has 0 spiro atoms. The van der Waals surface area contributed by atoms with Crippen molar-refractivity contribution < 1.29 is 29.5 Å². The van der Waals surface area contributed by atoms with Crippen LogP contribution in [-0.2, 0) is 0 Å². The fourth-order valence-electron chi connectivity index (χ4n) is 13.3. The molecule has 0 fully saturated rings. The number of nitrogens with one attached hydrogen (secondary N) is 4. The summed E-state index contributed by atoms with van der Waals surface area (Å²) in [5.74, 6) is 0. The Bertz CT molecular complexity index is 5680. The summed E-state index contributed by atoms with van der Waals surface area (Å²) in [7, 11) is 0. The number of hydrogen-bond donors (Lipinski definition) is 4. The lowest BCUT2D eigenvalue weighted by Crippen LogP contribution is -1.93. The van der Waals surface area contributed by atoms with Gasteiger partial charge in [0, 0.05) is 161 Å². The first-order valence-corrected chi connectivity index (χ1v) is 31.3. The molecular weight excluding hydrogens is 1300 g/mol. The fourth-order valence-corrected chi connectivity index (χ4v) is 13.3. The van der Waals surface area contributed by atoms with E-state index >= 15 is 0 Å². The molecule has 0 saturated carbocycles. The van der Waals surface area contributed by atoms with Gasteiger partial charge in [0.05, 0.1) is 75.1 Å². The molecule has 16 rings (SSSR count). The molecule has 0 atom stereocenters. The van der Waals surface area contributed by atoms with Gasteiger partial charge in [0.15, 0.2) is 0 Å². The van der Waals surface area contributed by atoms with Gasteiger partial charge in [0.25, 0.3) is 34.1 Å². The molecule has 0 saturated heterocycles. The van der Waals surface area contributed by atoms with E-state index in [-0.39, 0.29) is 34.1 Å². The zero-order valence-corrected chi connectivity index (χ0v) is 52.5. The number of benzene rings is 6. The lowest BCUT2D eigenvalue weighted by molar-refractivity contribution is -0.385. The van der Waals surface area contributed by atoms with Crippen molar-refractivity contribution in [1.29, 1.82) is 0 Å². The second kappa shape index (κ2) is 24.5. The molecule has 0 unspecified atom stereocenters. The minimum absolute atomic E-state index is 0.140. The first kappa shape index (κ1) is 61.8. The Labute approximate surface area is 571 Å². The molecule has 4 N–H and O–H groups in total. The van der Waals surface area contributed by atoms with Crippen LogP contribution in [0.1, 0.15) is 45.6 Å². The first-order chi connectivity index (χ1) is 49.5. The van der Waals surface area contributed by atoms with Crippen LogP contribution in [0.2, 0.25) is 0 Å². The topological polar surface area (TPSA) is 374 Å². The molecule has 0 aliphatic carbocycles. The lowest BCUT2D eigenvalue weighted by atomic mass is 10.0. The normalized spacial score (nSPS) is 12.0. The number of nitro groups is 6. The monoisotopic (exact) mass is 1340 g/mol. The van der Waals surface area contributed by atoms with Crippen molar-refractivity contribution in [2.75, 3.05) is 0 Å². The van der Waals surface area contributed by atoms with Crippen LogP contribution in [0.25, 0.3) is 171 Å². The van der Waals surface area contributed by atoms with Crippen molar-refractivity contribution in [1.82, 2.24) is 39.9 Å². The van der Waals surface area contributed by atoms with Crippen LogP contribution in [-0.4, -0.2) is 69.4 Å². The van der Waals surface area contributed by atoms with Gasteiger partial charge in [-0.25, -0.2) is 19.9 Å². The van der Waals surface area contributed by atoms with Crippen LogP contribution in [0.5, 0.6) is 0 Å². The molecule has 4 aliphatic heterocycles. The van der Waals surface area contributed by atoms with Crippen molar-refractivity contribution in [2.45, 2.75) is 0 Å². The second-order valence-electron chi connectivity index (χ2n) is 23.8. The number of fused-ring (bicyclic) bond motifs is 16. The van der Waals surface area contributed by atoms with Gasteiger partial charge in [-0.05, 0) is 203 Å². The SMILES string of the molecule is O=[N+]([O-])c1ccc(-c2c3nc(c(-c4ccc([N+](=O)[O-])cc4)c4ccc([nH]4)c(-c4c5nc(c(-c6ccc([N+](=O)[O-])cc6)c6ccc([nH]6)c(-c6ccc([N+](=O)[O-])cc6)c6nc(c(-c7ccc([N+](=O)[O-])cc7)c7ccc4[nH]7)C=C6)C=C5)c4nc(c(-c5ccc([N+](=O)[O-])cc5)c5ccc2[nH]5)C=C4)C=C3)cc1. The van der Waals surface area contributed by atoms with E-state index in [1.54, 1.807) is 97.1 Å². The third-order valence-corrected chi connectivity index (χ3v) is 18.0. The number of hydrogen-bond acceptors (Lipinski definition) is 16. The molecule has 6 aromatic carbocycles. The Morgan fingerprint density at radius 2 is 0.314 bits per heavy atom. The maximum Gasteiger partial charge on any atom is 0.269 e. The molecule has 490 valence electrons. The average Bonchev–Trinajstić information content (AvgIpc) is 1.60. The number of rotatable bonds is 13. The molecule has 0 amide bonds. The van der Waals surface area contributed by atoms with Gasteiger partial charge in [-0.1, -0.05) is 0 Å². The van der Waals surface area contributed by atoms with Crippen LogP contribution in [0.3, 0.4) is 0 Å². The van der Waals surface area contributed by atoms with Crippen molar-refractivity contribution in [2.24, 2.45) is 0 Å². The van der Waals surface area contributed by atoms with Gasteiger partial charge < -0.3 is 19.9 Å². The zero-order chi connectivity index (χ0) is 70.2. The third kappa shape index (κ3) is 11.0. The van der Waals surface area contributed by atoms with E-state index in [2.05, 4.69) is 19.9 Å². The van der Waals surface area contributed by atoms with Crippen molar-refractivity contribution in [3.05, 3.63) is 300 Å². The Morgan fingerprint density at radius 1 is 0.186 bits per heavy atom. The number of H-pyrrole nitrogens is 4. The summed E-state index contributed by atoms with van der Waals surface area (Å²) in [6.07, 6.45) is 14.5. The third-order valence-electron chi connectivity index (χ3n) is 18.0. The summed E-state index contributed by atoms with van der Waals surface area (Å²) >= 11 is 0. The summed E-state index contributed by atoms with van der Waals surface area (Å²) in [4.78, 5) is 106. The number of aromatic nitrogens is 8. The summed E-state index contributed by atoms with van der Waals surface area (Å²) in [6, 6.07) is 51.0. The van der Waals surface area contributed by atoms with E-state index in [9.17, 15) is 60.7 Å². The van der Waals surface area contributed by atoms with Gasteiger partial charge in [0.1, 0.15) is 0 Å². The largest absolute Gasteiger partial charge is 0.354 e. The van der Waals surface area contributed by atoms with E-state index in [1.165, 1.54) is 72.8 Å². The fraction of sp³-hybridized carbons (Fsp3) is 0. The molecule has 4 aliphatic rings. The van der Waals surface area contributed by atoms with E-state index in [4.69, 9.17) is 19.9 Å². The molecular formula is C76H44N14O12. The predicted molar refractivity (Wildman–Crippen MR) is 389 cm³/mol. The van der Waals surface area contributed by atoms with E-state index in [1.807, 2.05) is 72.8 Å². The molecule has 6 aromatic heterocycles. The van der Waals surface area contributed by atoms with Crippen molar-refractivity contribution in [3.8, 4) is 77.9 Å². The highest BCUT2D eigenvalue weighted by atomic mass is 16.6. The molecule has 16 bridgehead atoms. The van der Waals surface area contributed by atoms with E-state index < -0.39 is 29.5 Å². The molecule has 12 aromatic rings. The zero-order valence-electron chi connectivity index (χ0n) is 52.5. The highest BCUT2D eigenvalue weighted by Crippen LogP contribution is 2.44. The van der Waals surface area contributed by atoms with Gasteiger partial charge in [-0.3, -0.25) is 60.7 Å². The van der Waals surface area contributed by atoms with Crippen LogP contribution >= 0.6 is 0 Å². The minimum Gasteiger partial charge on any atom is -0.354 e. The first-order valence-electron chi connectivity index (χ1n) is 31.3. The van der Waals surface area contributed by atoms with E-state index in [0.717, 1.165) is 0 Å². The summed E-state index contributed by atoms with van der Waals surface area (Å²) < 4.78 is 0. The summed E-state index contributed by atoms with van der Waals surface area (Å²) in [5, 5.41) is 72.8. The van der Waals surface area contributed by atoms with Gasteiger partial charge in [-0.2, -0.15) is 0 Å². The smallest absolute Gasteiger partial charge is 0.269 e. The van der Waals surface area contributed by atoms with Gasteiger partial charge in [0.2, 0.25) is 0 Å². The Hall–Kier alpha value is -15.1. The highest BCUT2D eigenvalue weighted by molar-refractivity contribution is 6.06. The molecule has 102 heavy (non-hydrogen) atoms. The summed E-state index contributed by atoms with van der Waals surface area (Å²) in [5.41, 5.74) is 13.6. The van der Waals surface area contributed by atoms with Gasteiger partial charge >= 0.3 is 0 Å².